The molecule has 0 aromatic heterocycles. The summed E-state index contributed by atoms with van der Waals surface area (Å²) in [7, 11) is 0. The zero-order valence-electron chi connectivity index (χ0n) is 3.91. The van der Waals surface area contributed by atoms with Gasteiger partial charge in [-0.3, -0.25) is 4.99 Å². The Labute approximate surface area is 38.1 Å². The van der Waals surface area contributed by atoms with Crippen LogP contribution in [0, 0.1) is 0 Å². The molecule has 1 heterocycles. The number of hydrogen-bond acceptors (Lipinski definition) is 0. The van der Waals surface area contributed by atoms with Gasteiger partial charge < -0.3 is 0 Å². The van der Waals surface area contributed by atoms with Crippen LogP contribution in [0.15, 0.2) is 0 Å². The van der Waals surface area contributed by atoms with Gasteiger partial charge in [-0.25, -0.2) is 0 Å². The summed E-state index contributed by atoms with van der Waals surface area (Å²) in [5.74, 6) is 0. The highest BCUT2D eigenvalue weighted by atomic mass is 15.0. The van der Waals surface area contributed by atoms with E-state index in [2.05, 4.69) is 11.2 Å². The average Bonchev–Trinajstić information content (AvgIpc) is 1.72. The quantitative estimate of drug-likeness (QED) is 0.376. The highest BCUT2D eigenvalue weighted by Gasteiger charge is 1.93. The van der Waals surface area contributed by atoms with Crippen LogP contribution >= 0.6 is 0 Å². The van der Waals surface area contributed by atoms with Gasteiger partial charge >= 0.3 is 0 Å². The Morgan fingerprint density at radius 2 is 2.33 bits per heavy atom. The molecule has 34 valence electrons. The maximum atomic E-state index is 3.16. The van der Waals surface area contributed by atoms with E-state index in [0.29, 0.717) is 0 Å². The van der Waals surface area contributed by atoms with E-state index in [1.807, 2.05) is 0 Å². The fourth-order valence-electron chi connectivity index (χ4n) is 0.678. The van der Waals surface area contributed by atoms with Crippen molar-refractivity contribution in [1.29, 1.82) is 0 Å². The van der Waals surface area contributed by atoms with Crippen molar-refractivity contribution in [1.82, 2.24) is 0 Å². The fourth-order valence-corrected chi connectivity index (χ4v) is 0.678. The van der Waals surface area contributed by atoms with Crippen molar-refractivity contribution in [2.24, 2.45) is 0 Å². The Hall–Kier alpha value is -0.330. The molecule has 1 aliphatic heterocycles. The van der Waals surface area contributed by atoms with Gasteiger partial charge in [-0.05, 0) is 6.42 Å². The Bertz CT molecular complexity index is 49.0. The van der Waals surface area contributed by atoms with Crippen molar-refractivity contribution in [2.75, 3.05) is 6.54 Å². The Morgan fingerprint density at radius 1 is 1.33 bits per heavy atom. The molecule has 0 fully saturated rings. The average molecular weight is 87.1 g/mol. The van der Waals surface area contributed by atoms with Gasteiger partial charge in [-0.15, -0.1) is 0 Å². The van der Waals surface area contributed by atoms with Gasteiger partial charge in [0.2, 0.25) is 0 Å². The van der Waals surface area contributed by atoms with Crippen LogP contribution in [0.25, 0.3) is 0 Å². The highest BCUT2D eigenvalue weighted by molar-refractivity contribution is 5.50. The SMILES string of the molecule is C1=[NH+][13CH2][13CH2][13CH2]C1. The molecule has 0 unspecified atom stereocenters. The first-order valence-electron chi connectivity index (χ1n) is 2.55. The molecule has 0 saturated carbocycles. The fraction of sp³-hybridized carbons (Fsp3) is 0.800. The van der Waals surface area contributed by atoms with Gasteiger partial charge in [0.05, 0.1) is 0 Å². The minimum absolute atomic E-state index is 1.19. The Kier molecular flexibility index (Phi) is 1.25. The van der Waals surface area contributed by atoms with Gasteiger partial charge in [-0.2, -0.15) is 0 Å². The number of hydrogen-bond donors (Lipinski definition) is 1. The summed E-state index contributed by atoms with van der Waals surface area (Å²) < 4.78 is 0. The van der Waals surface area contributed by atoms with Crippen LogP contribution in [0.2, 0.25) is 0 Å². The molecule has 6 heavy (non-hydrogen) atoms. The van der Waals surface area contributed by atoms with Crippen LogP contribution in [0.3, 0.4) is 0 Å². The minimum Gasteiger partial charge on any atom is -0.252 e. The molecular weight excluding hydrogens is 77.0 g/mol. The lowest BCUT2D eigenvalue weighted by molar-refractivity contribution is -0.457. The Morgan fingerprint density at radius 3 is 2.50 bits per heavy atom. The van der Waals surface area contributed by atoms with E-state index in [-0.39, 0.29) is 0 Å². The molecule has 0 atom stereocenters. The van der Waals surface area contributed by atoms with Crippen molar-refractivity contribution in [3.8, 4) is 0 Å². The topological polar surface area (TPSA) is 14.0 Å². The molecule has 0 aliphatic carbocycles. The van der Waals surface area contributed by atoms with E-state index in [1.165, 1.54) is 25.8 Å². The van der Waals surface area contributed by atoms with Crippen LogP contribution in [-0.2, 0) is 0 Å². The molecule has 1 heteroatoms. The van der Waals surface area contributed by atoms with Gasteiger partial charge in [-0.1, -0.05) is 0 Å². The van der Waals surface area contributed by atoms with Crippen molar-refractivity contribution in [3.63, 3.8) is 0 Å². The molecule has 0 saturated heterocycles. The second kappa shape index (κ2) is 1.96. The first-order chi connectivity index (χ1) is 3.00. The zero-order valence-corrected chi connectivity index (χ0v) is 3.91. The first kappa shape index (κ1) is 3.85. The lowest BCUT2D eigenvalue weighted by Gasteiger charge is -1.91. The lowest BCUT2D eigenvalue weighted by Crippen LogP contribution is -2.70. The summed E-state index contributed by atoms with van der Waals surface area (Å²) in [6, 6.07) is 0. The third-order valence-electron chi connectivity index (χ3n) is 1.06. The molecule has 1 N–H and O–H groups in total. The van der Waals surface area contributed by atoms with Crippen LogP contribution in [0.5, 0.6) is 0 Å². The molecule has 0 amide bonds. The summed E-state index contributed by atoms with van der Waals surface area (Å²) >= 11 is 0. The molecule has 1 rings (SSSR count). The van der Waals surface area contributed by atoms with Gasteiger partial charge in [0.15, 0.2) is 0 Å². The first-order valence-corrected chi connectivity index (χ1v) is 2.55. The zero-order chi connectivity index (χ0) is 4.24. The Balaban J connectivity index is 2.26. The van der Waals surface area contributed by atoms with E-state index >= 15 is 0 Å². The van der Waals surface area contributed by atoms with E-state index < -0.39 is 0 Å². The van der Waals surface area contributed by atoms with Crippen LogP contribution < -0.4 is 4.99 Å². The minimum atomic E-state index is 1.19. The molecule has 0 aromatic carbocycles. The molecule has 1 nitrogen and oxygen atoms in total. The summed E-state index contributed by atoms with van der Waals surface area (Å²) in [5, 5.41) is 0. The molecule has 0 bridgehead atoms. The maximum Gasteiger partial charge on any atom is 0.140 e. The molecule has 1 aliphatic rings. The second-order valence-electron chi connectivity index (χ2n) is 1.65. The monoisotopic (exact) mass is 87.1 g/mol. The molecular formula is C5H10N+. The van der Waals surface area contributed by atoms with Crippen LogP contribution in [0.1, 0.15) is 19.3 Å². The summed E-state index contributed by atoms with van der Waals surface area (Å²) in [6.45, 7) is 1.19. The maximum absolute atomic E-state index is 3.16. The summed E-state index contributed by atoms with van der Waals surface area (Å²) in [5.41, 5.74) is 0. The normalized spacial score (nSPS) is 21.3. The highest BCUT2D eigenvalue weighted by Crippen LogP contribution is 1.88. The van der Waals surface area contributed by atoms with Gasteiger partial charge in [0, 0.05) is 12.8 Å². The number of nitrogens with one attached hydrogen (secondary N) is 1. The smallest absolute Gasteiger partial charge is 0.140 e. The van der Waals surface area contributed by atoms with Crippen molar-refractivity contribution in [3.05, 3.63) is 0 Å². The van der Waals surface area contributed by atoms with Crippen LogP contribution in [-0.4, -0.2) is 12.8 Å². The number of rotatable bonds is 0. The second-order valence-corrected chi connectivity index (χ2v) is 1.65. The van der Waals surface area contributed by atoms with E-state index in [1.54, 1.807) is 0 Å². The largest absolute Gasteiger partial charge is 0.252 e. The third kappa shape index (κ3) is 0.814. The standard InChI is InChI=1S/C5H9N/c1-2-4-6-5-3-1/h4H,1-3,5H2/p+1/i1+1,3+1,5+1. The van der Waals surface area contributed by atoms with E-state index in [9.17, 15) is 0 Å². The predicted octanol–water partition coefficient (Wildman–Crippen LogP) is -0.678. The van der Waals surface area contributed by atoms with Gasteiger partial charge in [0.1, 0.15) is 12.8 Å². The lowest BCUT2D eigenvalue weighted by atomic mass is 10.6. The molecule has 0 radical (unpaired) electrons. The van der Waals surface area contributed by atoms with Crippen molar-refractivity contribution >= 4 is 6.21 Å². The van der Waals surface area contributed by atoms with Crippen molar-refractivity contribution in [2.45, 2.75) is 19.3 Å². The van der Waals surface area contributed by atoms with E-state index in [0.717, 1.165) is 0 Å². The predicted molar refractivity (Wildman–Crippen MR) is 25.7 cm³/mol. The van der Waals surface area contributed by atoms with Crippen molar-refractivity contribution < 1.29 is 4.99 Å². The summed E-state index contributed by atoms with van der Waals surface area (Å²) in [4.78, 5) is 3.16. The van der Waals surface area contributed by atoms with E-state index in [4.69, 9.17) is 0 Å². The van der Waals surface area contributed by atoms with Crippen LogP contribution in [0.4, 0.5) is 0 Å². The molecule has 0 aromatic rings. The third-order valence-corrected chi connectivity index (χ3v) is 1.06. The molecule has 0 spiro atoms. The summed E-state index contributed by atoms with van der Waals surface area (Å²) in [6.07, 6.45) is 6.15. The van der Waals surface area contributed by atoms with Gasteiger partial charge in [0.25, 0.3) is 0 Å².